The molecule has 0 bridgehead atoms. The fraction of sp³-hybridized carbons (Fsp3) is 0.167. The molecule has 0 radical (unpaired) electrons. The largest absolute Gasteiger partial charge is 0.367 e. The Kier molecular flexibility index (Phi) is 3.15. The van der Waals surface area contributed by atoms with Crippen molar-refractivity contribution in [3.8, 4) is 0 Å². The normalized spacial score (nSPS) is 13.8. The van der Waals surface area contributed by atoms with Crippen LogP contribution in [0.25, 0.3) is 10.8 Å². The summed E-state index contributed by atoms with van der Waals surface area (Å²) in [5.41, 5.74) is 0. The average Bonchev–Trinajstić information content (AvgIpc) is 2.26. The SMILES string of the molecule is CC(O)OS(=O)(=O)c1cccc2ccccc12. The van der Waals surface area contributed by atoms with E-state index in [2.05, 4.69) is 4.18 Å². The maximum atomic E-state index is 11.9. The third kappa shape index (κ3) is 2.46. The molecular weight excluding hydrogens is 240 g/mol. The molecule has 17 heavy (non-hydrogen) atoms. The molecule has 2 aromatic carbocycles. The minimum Gasteiger partial charge on any atom is -0.367 e. The number of fused-ring (bicyclic) bond motifs is 1. The molecule has 1 atom stereocenters. The topological polar surface area (TPSA) is 63.6 Å². The van der Waals surface area contributed by atoms with E-state index in [0.29, 0.717) is 5.39 Å². The van der Waals surface area contributed by atoms with Crippen molar-refractivity contribution in [3.63, 3.8) is 0 Å². The smallest absolute Gasteiger partial charge is 0.300 e. The molecule has 0 saturated carbocycles. The first-order valence-electron chi connectivity index (χ1n) is 5.10. The summed E-state index contributed by atoms with van der Waals surface area (Å²) in [5, 5.41) is 10.4. The molecule has 4 nitrogen and oxygen atoms in total. The monoisotopic (exact) mass is 252 g/mol. The molecule has 0 saturated heterocycles. The number of aliphatic hydroxyl groups is 1. The molecule has 1 N–H and O–H groups in total. The van der Waals surface area contributed by atoms with Crippen LogP contribution in [0.5, 0.6) is 0 Å². The van der Waals surface area contributed by atoms with Crippen LogP contribution in [-0.4, -0.2) is 19.8 Å². The van der Waals surface area contributed by atoms with Crippen molar-refractivity contribution in [2.45, 2.75) is 18.1 Å². The van der Waals surface area contributed by atoms with E-state index in [1.807, 2.05) is 18.2 Å². The van der Waals surface area contributed by atoms with Gasteiger partial charge in [0.15, 0.2) is 6.29 Å². The number of benzene rings is 2. The van der Waals surface area contributed by atoms with Gasteiger partial charge >= 0.3 is 0 Å². The van der Waals surface area contributed by atoms with E-state index in [9.17, 15) is 8.42 Å². The fourth-order valence-corrected chi connectivity index (χ4v) is 2.82. The number of hydrogen-bond donors (Lipinski definition) is 1. The molecule has 0 amide bonds. The molecule has 0 aromatic heterocycles. The van der Waals surface area contributed by atoms with Crippen LogP contribution in [0.4, 0.5) is 0 Å². The van der Waals surface area contributed by atoms with Gasteiger partial charge in [0.2, 0.25) is 0 Å². The molecule has 0 aliphatic rings. The Hall–Kier alpha value is -1.43. The van der Waals surface area contributed by atoms with Crippen LogP contribution in [0, 0.1) is 0 Å². The summed E-state index contributed by atoms with van der Waals surface area (Å²) in [6.45, 7) is 1.25. The Labute approximate surface area is 99.6 Å². The van der Waals surface area contributed by atoms with Crippen LogP contribution in [-0.2, 0) is 14.3 Å². The molecule has 1 unspecified atom stereocenters. The summed E-state index contributed by atoms with van der Waals surface area (Å²) in [6, 6.07) is 12.0. The average molecular weight is 252 g/mol. The second-order valence-corrected chi connectivity index (χ2v) is 5.17. The Balaban J connectivity index is 2.63. The van der Waals surface area contributed by atoms with Crippen molar-refractivity contribution >= 4 is 20.9 Å². The molecule has 0 heterocycles. The van der Waals surface area contributed by atoms with Gasteiger partial charge in [-0.05, 0) is 18.4 Å². The van der Waals surface area contributed by atoms with Crippen molar-refractivity contribution < 1.29 is 17.7 Å². The summed E-state index contributed by atoms with van der Waals surface area (Å²) in [4.78, 5) is 0.0662. The molecule has 0 aliphatic heterocycles. The lowest BCUT2D eigenvalue weighted by Crippen LogP contribution is -2.14. The molecule has 2 rings (SSSR count). The van der Waals surface area contributed by atoms with Gasteiger partial charge < -0.3 is 5.11 Å². The van der Waals surface area contributed by atoms with Crippen molar-refractivity contribution in [3.05, 3.63) is 42.5 Å². The molecular formula is C12H12O4S. The van der Waals surface area contributed by atoms with E-state index in [4.69, 9.17) is 5.11 Å². The highest BCUT2D eigenvalue weighted by atomic mass is 32.2. The molecule has 90 valence electrons. The zero-order chi connectivity index (χ0) is 12.5. The highest BCUT2D eigenvalue weighted by Crippen LogP contribution is 2.24. The Bertz CT molecular complexity index is 627. The zero-order valence-electron chi connectivity index (χ0n) is 9.20. The van der Waals surface area contributed by atoms with E-state index in [1.165, 1.54) is 13.0 Å². The predicted molar refractivity (Wildman–Crippen MR) is 63.9 cm³/mol. The van der Waals surface area contributed by atoms with E-state index in [-0.39, 0.29) is 4.90 Å². The first-order valence-corrected chi connectivity index (χ1v) is 6.50. The van der Waals surface area contributed by atoms with Crippen molar-refractivity contribution in [1.29, 1.82) is 0 Å². The van der Waals surface area contributed by atoms with Gasteiger partial charge in [-0.25, -0.2) is 4.18 Å². The maximum absolute atomic E-state index is 11.9. The molecule has 2 aromatic rings. The Morgan fingerprint density at radius 2 is 1.76 bits per heavy atom. The van der Waals surface area contributed by atoms with Crippen LogP contribution in [0.2, 0.25) is 0 Å². The van der Waals surface area contributed by atoms with Gasteiger partial charge in [0.05, 0.1) is 0 Å². The minimum atomic E-state index is -3.94. The number of rotatable bonds is 3. The standard InChI is InChI=1S/C12H12O4S/c1-9(13)16-17(14,15)12-8-4-6-10-5-2-3-7-11(10)12/h2-9,13H,1H3. The van der Waals surface area contributed by atoms with Crippen molar-refractivity contribution in [2.24, 2.45) is 0 Å². The van der Waals surface area contributed by atoms with Crippen molar-refractivity contribution in [1.82, 2.24) is 0 Å². The molecule has 0 spiro atoms. The molecule has 0 fully saturated rings. The molecule has 5 heteroatoms. The fourth-order valence-electron chi connectivity index (χ4n) is 1.65. The first-order chi connectivity index (χ1) is 8.00. The minimum absolute atomic E-state index is 0.0662. The Morgan fingerprint density at radius 3 is 2.47 bits per heavy atom. The first kappa shape index (κ1) is 12.0. The lowest BCUT2D eigenvalue weighted by molar-refractivity contribution is 0.00550. The third-order valence-corrected chi connectivity index (χ3v) is 3.71. The highest BCUT2D eigenvalue weighted by molar-refractivity contribution is 7.87. The highest BCUT2D eigenvalue weighted by Gasteiger charge is 2.20. The van der Waals surface area contributed by atoms with E-state index in [1.54, 1.807) is 18.2 Å². The Morgan fingerprint density at radius 1 is 1.12 bits per heavy atom. The van der Waals surface area contributed by atoms with Gasteiger partial charge in [-0.2, -0.15) is 8.42 Å². The second kappa shape index (κ2) is 4.44. The van der Waals surface area contributed by atoms with Crippen LogP contribution >= 0.6 is 0 Å². The maximum Gasteiger partial charge on any atom is 0.300 e. The van der Waals surface area contributed by atoms with E-state index >= 15 is 0 Å². The summed E-state index contributed by atoms with van der Waals surface area (Å²) < 4.78 is 28.3. The van der Waals surface area contributed by atoms with Crippen LogP contribution < -0.4 is 0 Å². The summed E-state index contributed by atoms with van der Waals surface area (Å²) >= 11 is 0. The van der Waals surface area contributed by atoms with Crippen LogP contribution in [0.1, 0.15) is 6.92 Å². The van der Waals surface area contributed by atoms with Gasteiger partial charge in [-0.1, -0.05) is 36.4 Å². The van der Waals surface area contributed by atoms with Gasteiger partial charge in [0, 0.05) is 5.39 Å². The van der Waals surface area contributed by atoms with Gasteiger partial charge in [0.25, 0.3) is 10.1 Å². The summed E-state index contributed by atoms with van der Waals surface area (Å²) in [5.74, 6) is 0. The predicted octanol–water partition coefficient (Wildman–Crippen LogP) is 1.88. The van der Waals surface area contributed by atoms with Gasteiger partial charge in [-0.3, -0.25) is 0 Å². The van der Waals surface area contributed by atoms with Gasteiger partial charge in [-0.15, -0.1) is 0 Å². The lowest BCUT2D eigenvalue weighted by Gasteiger charge is -2.09. The lowest BCUT2D eigenvalue weighted by atomic mass is 10.1. The zero-order valence-corrected chi connectivity index (χ0v) is 10.0. The number of aliphatic hydroxyl groups excluding tert-OH is 1. The summed E-state index contributed by atoms with van der Waals surface area (Å²) in [7, 11) is -3.94. The molecule has 0 aliphatic carbocycles. The van der Waals surface area contributed by atoms with Crippen molar-refractivity contribution in [2.75, 3.05) is 0 Å². The van der Waals surface area contributed by atoms with E-state index in [0.717, 1.165) is 5.39 Å². The van der Waals surface area contributed by atoms with Crippen LogP contribution in [0.3, 0.4) is 0 Å². The summed E-state index contributed by atoms with van der Waals surface area (Å²) in [6.07, 6.45) is -1.36. The quantitative estimate of drug-likeness (QED) is 0.669. The second-order valence-electron chi connectivity index (χ2n) is 3.63. The van der Waals surface area contributed by atoms with Crippen LogP contribution in [0.15, 0.2) is 47.4 Å². The third-order valence-electron chi connectivity index (χ3n) is 2.28. The number of hydrogen-bond acceptors (Lipinski definition) is 4. The van der Waals surface area contributed by atoms with Gasteiger partial charge in [0.1, 0.15) is 4.90 Å². The van der Waals surface area contributed by atoms with E-state index < -0.39 is 16.4 Å².